The van der Waals surface area contributed by atoms with E-state index in [-0.39, 0.29) is 0 Å². The molecule has 2 rings (SSSR count). The van der Waals surface area contributed by atoms with E-state index >= 15 is 0 Å². The number of halogens is 1. The molecule has 0 aliphatic carbocycles. The van der Waals surface area contributed by atoms with Crippen LogP contribution >= 0.6 is 11.6 Å². The number of methoxy groups -OCH3 is 1. The van der Waals surface area contributed by atoms with Gasteiger partial charge >= 0.3 is 0 Å². The van der Waals surface area contributed by atoms with Crippen LogP contribution in [-0.2, 0) is 0 Å². The number of rotatable bonds is 2. The summed E-state index contributed by atoms with van der Waals surface area (Å²) in [6, 6.07) is 2.06. The van der Waals surface area contributed by atoms with Crippen molar-refractivity contribution >= 4 is 11.6 Å². The molecule has 1 fully saturated rings. The van der Waals surface area contributed by atoms with E-state index in [1.807, 2.05) is 6.92 Å². The number of piperidine rings is 1. The Morgan fingerprint density at radius 1 is 1.29 bits per heavy atom. The van der Waals surface area contributed by atoms with E-state index in [1.54, 1.807) is 7.11 Å². The molecular formula is C14H20ClNO. The largest absolute Gasteiger partial charge is 0.496 e. The predicted octanol–water partition coefficient (Wildman–Crippen LogP) is 3.43. The normalized spacial score (nSPS) is 17.2. The molecule has 0 radical (unpaired) electrons. The first kappa shape index (κ1) is 12.7. The summed E-state index contributed by atoms with van der Waals surface area (Å²) >= 11 is 6.36. The lowest BCUT2D eigenvalue weighted by Gasteiger charge is -2.27. The minimum atomic E-state index is 0.573. The van der Waals surface area contributed by atoms with Crippen molar-refractivity contribution in [1.29, 1.82) is 0 Å². The van der Waals surface area contributed by atoms with Gasteiger partial charge in [-0.3, -0.25) is 0 Å². The number of benzene rings is 1. The van der Waals surface area contributed by atoms with Gasteiger partial charge in [0.2, 0.25) is 0 Å². The van der Waals surface area contributed by atoms with Gasteiger partial charge in [-0.25, -0.2) is 0 Å². The van der Waals surface area contributed by atoms with Crippen LogP contribution in [0.5, 0.6) is 5.75 Å². The molecule has 0 bridgehead atoms. The Labute approximate surface area is 108 Å². The summed E-state index contributed by atoms with van der Waals surface area (Å²) in [5, 5.41) is 4.28. The molecule has 0 atom stereocenters. The molecule has 0 amide bonds. The summed E-state index contributed by atoms with van der Waals surface area (Å²) in [7, 11) is 1.74. The highest BCUT2D eigenvalue weighted by Crippen LogP contribution is 2.39. The molecule has 2 nitrogen and oxygen atoms in total. The maximum Gasteiger partial charge on any atom is 0.122 e. The van der Waals surface area contributed by atoms with E-state index in [0.717, 1.165) is 42.3 Å². The van der Waals surface area contributed by atoms with Gasteiger partial charge in [0.1, 0.15) is 5.75 Å². The number of hydrogen-bond acceptors (Lipinski definition) is 2. The zero-order valence-electron chi connectivity index (χ0n) is 10.8. The van der Waals surface area contributed by atoms with Crippen LogP contribution in [0.2, 0.25) is 5.02 Å². The van der Waals surface area contributed by atoms with Gasteiger partial charge in [0.25, 0.3) is 0 Å². The van der Waals surface area contributed by atoms with Gasteiger partial charge in [0, 0.05) is 10.6 Å². The van der Waals surface area contributed by atoms with Crippen molar-refractivity contribution in [3.8, 4) is 5.75 Å². The Hall–Kier alpha value is -0.730. The average Bonchev–Trinajstić information content (AvgIpc) is 2.36. The molecule has 0 spiro atoms. The van der Waals surface area contributed by atoms with Crippen molar-refractivity contribution in [1.82, 2.24) is 5.32 Å². The van der Waals surface area contributed by atoms with Gasteiger partial charge in [-0.15, -0.1) is 0 Å². The second-order valence-electron chi connectivity index (χ2n) is 4.77. The molecule has 1 N–H and O–H groups in total. The quantitative estimate of drug-likeness (QED) is 0.872. The van der Waals surface area contributed by atoms with Gasteiger partial charge in [0.15, 0.2) is 0 Å². The highest BCUT2D eigenvalue weighted by atomic mass is 35.5. The van der Waals surface area contributed by atoms with Crippen LogP contribution in [0.15, 0.2) is 6.07 Å². The second kappa shape index (κ2) is 5.28. The molecular weight excluding hydrogens is 234 g/mol. The minimum absolute atomic E-state index is 0.573. The van der Waals surface area contributed by atoms with Gasteiger partial charge in [-0.1, -0.05) is 11.6 Å². The third-order valence-electron chi connectivity index (χ3n) is 3.66. The average molecular weight is 254 g/mol. The molecule has 17 heavy (non-hydrogen) atoms. The maximum absolute atomic E-state index is 6.36. The van der Waals surface area contributed by atoms with Crippen LogP contribution < -0.4 is 10.1 Å². The molecule has 1 aromatic rings. The molecule has 1 heterocycles. The number of nitrogens with one attached hydrogen (secondary N) is 1. The van der Waals surface area contributed by atoms with E-state index in [4.69, 9.17) is 16.3 Å². The van der Waals surface area contributed by atoms with Crippen molar-refractivity contribution in [2.24, 2.45) is 0 Å². The van der Waals surface area contributed by atoms with Crippen molar-refractivity contribution < 1.29 is 4.74 Å². The minimum Gasteiger partial charge on any atom is -0.496 e. The lowest BCUT2D eigenvalue weighted by molar-refractivity contribution is 0.390. The molecule has 94 valence electrons. The Kier molecular flexibility index (Phi) is 3.95. The van der Waals surface area contributed by atoms with Crippen LogP contribution in [0.4, 0.5) is 0 Å². The fourth-order valence-electron chi connectivity index (χ4n) is 2.72. The molecule has 1 aliphatic heterocycles. The fourth-order valence-corrected chi connectivity index (χ4v) is 2.88. The van der Waals surface area contributed by atoms with E-state index in [2.05, 4.69) is 18.3 Å². The lowest BCUT2D eigenvalue weighted by Crippen LogP contribution is -2.27. The van der Waals surface area contributed by atoms with E-state index in [9.17, 15) is 0 Å². The van der Waals surface area contributed by atoms with E-state index < -0.39 is 0 Å². The van der Waals surface area contributed by atoms with Gasteiger partial charge in [-0.2, -0.15) is 0 Å². The van der Waals surface area contributed by atoms with Gasteiger partial charge in [-0.05, 0) is 62.9 Å². The predicted molar refractivity (Wildman–Crippen MR) is 72.3 cm³/mol. The Bertz CT molecular complexity index is 411. The van der Waals surface area contributed by atoms with Crippen molar-refractivity contribution in [3.63, 3.8) is 0 Å². The summed E-state index contributed by atoms with van der Waals surface area (Å²) in [6.07, 6.45) is 2.33. The van der Waals surface area contributed by atoms with E-state index in [1.165, 1.54) is 11.1 Å². The first-order valence-corrected chi connectivity index (χ1v) is 6.57. The SMILES string of the molecule is COc1cc(C)c(Cl)c(C)c1C1CCNCC1. The highest BCUT2D eigenvalue weighted by molar-refractivity contribution is 6.32. The number of aryl methyl sites for hydroxylation is 1. The zero-order chi connectivity index (χ0) is 12.4. The summed E-state index contributed by atoms with van der Waals surface area (Å²) in [4.78, 5) is 0. The highest BCUT2D eigenvalue weighted by Gasteiger charge is 2.22. The van der Waals surface area contributed by atoms with Crippen LogP contribution in [0.3, 0.4) is 0 Å². The maximum atomic E-state index is 6.36. The monoisotopic (exact) mass is 253 g/mol. The number of ether oxygens (including phenoxy) is 1. The van der Waals surface area contributed by atoms with Crippen molar-refractivity contribution in [2.75, 3.05) is 20.2 Å². The van der Waals surface area contributed by atoms with Crippen molar-refractivity contribution in [3.05, 3.63) is 27.8 Å². The molecule has 3 heteroatoms. The second-order valence-corrected chi connectivity index (χ2v) is 5.15. The Morgan fingerprint density at radius 3 is 2.53 bits per heavy atom. The summed E-state index contributed by atoms with van der Waals surface area (Å²) < 4.78 is 5.54. The number of hydrogen-bond donors (Lipinski definition) is 1. The third-order valence-corrected chi connectivity index (χ3v) is 4.24. The summed E-state index contributed by atoms with van der Waals surface area (Å²) in [5.74, 6) is 1.57. The summed E-state index contributed by atoms with van der Waals surface area (Å²) in [5.41, 5.74) is 3.60. The molecule has 1 aromatic carbocycles. The lowest BCUT2D eigenvalue weighted by atomic mass is 9.86. The Balaban J connectivity index is 2.46. The molecule has 0 aromatic heterocycles. The van der Waals surface area contributed by atoms with Gasteiger partial charge < -0.3 is 10.1 Å². The molecule has 0 unspecified atom stereocenters. The third kappa shape index (κ3) is 2.43. The van der Waals surface area contributed by atoms with Crippen LogP contribution in [-0.4, -0.2) is 20.2 Å². The molecule has 0 saturated carbocycles. The first-order valence-electron chi connectivity index (χ1n) is 6.19. The zero-order valence-corrected chi connectivity index (χ0v) is 11.5. The standard InChI is InChI=1S/C14H20ClNO/c1-9-8-12(17-3)13(10(2)14(9)15)11-4-6-16-7-5-11/h8,11,16H,4-7H2,1-3H3. The topological polar surface area (TPSA) is 21.3 Å². The molecule has 1 aliphatic rings. The Morgan fingerprint density at radius 2 is 1.94 bits per heavy atom. The first-order chi connectivity index (χ1) is 8.15. The van der Waals surface area contributed by atoms with Crippen molar-refractivity contribution in [2.45, 2.75) is 32.6 Å². The van der Waals surface area contributed by atoms with Crippen LogP contribution in [0, 0.1) is 13.8 Å². The van der Waals surface area contributed by atoms with Crippen LogP contribution in [0.25, 0.3) is 0 Å². The van der Waals surface area contributed by atoms with E-state index in [0.29, 0.717) is 5.92 Å². The smallest absolute Gasteiger partial charge is 0.122 e. The van der Waals surface area contributed by atoms with Gasteiger partial charge in [0.05, 0.1) is 7.11 Å². The summed E-state index contributed by atoms with van der Waals surface area (Å²) in [6.45, 7) is 6.30. The van der Waals surface area contributed by atoms with Crippen LogP contribution in [0.1, 0.15) is 35.4 Å². The molecule has 1 saturated heterocycles. The fraction of sp³-hybridized carbons (Fsp3) is 0.571.